The molecule has 0 bridgehead atoms. The Morgan fingerprint density at radius 2 is 1.52 bits per heavy atom. The van der Waals surface area contributed by atoms with Crippen molar-refractivity contribution in [3.05, 3.63) is 90.1 Å². The van der Waals surface area contributed by atoms with Crippen molar-refractivity contribution in [3.63, 3.8) is 0 Å². The number of hydrogen-bond acceptors (Lipinski definition) is 3. The van der Waals surface area contributed by atoms with Gasteiger partial charge in [0.2, 0.25) is 0 Å². The molecule has 0 spiro atoms. The number of aryl methyl sites for hydroxylation is 2. The summed E-state index contributed by atoms with van der Waals surface area (Å²) in [4.78, 5) is 24.8. The Labute approximate surface area is 168 Å². The summed E-state index contributed by atoms with van der Waals surface area (Å²) in [6.45, 7) is 2.01. The summed E-state index contributed by atoms with van der Waals surface area (Å²) in [6, 6.07) is 21.7. The molecule has 0 fully saturated rings. The highest BCUT2D eigenvalue weighted by Crippen LogP contribution is 2.23. The van der Waals surface area contributed by atoms with E-state index in [0.29, 0.717) is 22.7 Å². The number of fused-ring (bicyclic) bond motifs is 1. The lowest BCUT2D eigenvalue weighted by Gasteiger charge is -2.08. The van der Waals surface area contributed by atoms with Crippen molar-refractivity contribution >= 4 is 28.3 Å². The molecular formula is C24H20N2O3. The Morgan fingerprint density at radius 1 is 0.862 bits per heavy atom. The first-order valence-electron chi connectivity index (χ1n) is 9.25. The van der Waals surface area contributed by atoms with E-state index >= 15 is 0 Å². The Bertz CT molecular complexity index is 1190. The van der Waals surface area contributed by atoms with E-state index < -0.39 is 11.7 Å². The molecule has 0 saturated carbocycles. The second kappa shape index (κ2) is 7.64. The summed E-state index contributed by atoms with van der Waals surface area (Å²) in [7, 11) is 1.95. The number of ketones is 1. The Kier molecular flexibility index (Phi) is 4.87. The maximum atomic E-state index is 12.5. The van der Waals surface area contributed by atoms with E-state index in [-0.39, 0.29) is 0 Å². The van der Waals surface area contributed by atoms with Gasteiger partial charge in [-0.2, -0.15) is 0 Å². The fourth-order valence-corrected chi connectivity index (χ4v) is 3.10. The van der Waals surface area contributed by atoms with Gasteiger partial charge in [0.1, 0.15) is 11.5 Å². The van der Waals surface area contributed by atoms with Crippen LogP contribution in [0, 0.1) is 6.92 Å². The van der Waals surface area contributed by atoms with E-state index in [4.69, 9.17) is 4.74 Å². The van der Waals surface area contributed by atoms with Crippen LogP contribution in [0.15, 0.2) is 79.0 Å². The van der Waals surface area contributed by atoms with Crippen LogP contribution in [-0.4, -0.2) is 16.3 Å². The van der Waals surface area contributed by atoms with Gasteiger partial charge in [-0.15, -0.1) is 0 Å². The van der Waals surface area contributed by atoms with Gasteiger partial charge in [0.05, 0.1) is 0 Å². The number of Topliss-reactive ketones (excluding diaryl/α,β-unsaturated/α-hetero) is 1. The minimum absolute atomic E-state index is 0.305. The fraction of sp³-hybridized carbons (Fsp3) is 0.0833. The van der Waals surface area contributed by atoms with Gasteiger partial charge in [0.25, 0.3) is 11.7 Å². The number of carbonyl (C=O) groups excluding carboxylic acids is 2. The third kappa shape index (κ3) is 4.04. The second-order valence-corrected chi connectivity index (χ2v) is 6.92. The molecule has 4 rings (SSSR count). The number of anilines is 1. The summed E-state index contributed by atoms with van der Waals surface area (Å²) in [5, 5.41) is 3.67. The summed E-state index contributed by atoms with van der Waals surface area (Å²) in [5.41, 5.74) is 3.09. The quantitative estimate of drug-likeness (QED) is 0.385. The monoisotopic (exact) mass is 384 g/mol. The molecule has 0 aliphatic carbocycles. The number of rotatable bonds is 5. The van der Waals surface area contributed by atoms with Gasteiger partial charge < -0.3 is 14.6 Å². The fourth-order valence-electron chi connectivity index (χ4n) is 3.10. The van der Waals surface area contributed by atoms with Crippen LogP contribution >= 0.6 is 0 Å². The first-order chi connectivity index (χ1) is 14.0. The summed E-state index contributed by atoms with van der Waals surface area (Å²) < 4.78 is 7.75. The molecule has 0 atom stereocenters. The zero-order valence-corrected chi connectivity index (χ0v) is 16.2. The number of carbonyl (C=O) groups is 2. The lowest BCUT2D eigenvalue weighted by molar-refractivity contribution is -0.112. The number of nitrogens with zero attached hydrogens (tertiary/aromatic N) is 1. The standard InChI is InChI=1S/C24H20N2O3/c1-16-3-8-20(9-4-16)29-21-10-5-17(6-11-21)23(27)24(28)25-19-7-12-22-18(15-19)13-14-26(22)2/h3-15H,1-2H3,(H,25,28). The number of aromatic nitrogens is 1. The van der Waals surface area contributed by atoms with Gasteiger partial charge in [-0.1, -0.05) is 17.7 Å². The molecule has 5 nitrogen and oxygen atoms in total. The Hall–Kier alpha value is -3.86. The molecule has 0 aliphatic heterocycles. The van der Waals surface area contributed by atoms with Gasteiger partial charge >= 0.3 is 0 Å². The highest BCUT2D eigenvalue weighted by atomic mass is 16.5. The summed E-state index contributed by atoms with van der Waals surface area (Å²) in [6.07, 6.45) is 1.95. The summed E-state index contributed by atoms with van der Waals surface area (Å²) >= 11 is 0. The van der Waals surface area contributed by atoms with Crippen LogP contribution in [0.1, 0.15) is 15.9 Å². The molecule has 0 unspecified atom stereocenters. The Balaban J connectivity index is 1.43. The highest BCUT2D eigenvalue weighted by Gasteiger charge is 2.17. The van der Waals surface area contributed by atoms with Crippen molar-refractivity contribution in [2.45, 2.75) is 6.92 Å². The van der Waals surface area contributed by atoms with Gasteiger partial charge in [-0.3, -0.25) is 9.59 Å². The van der Waals surface area contributed by atoms with Crippen LogP contribution < -0.4 is 10.1 Å². The third-order valence-electron chi connectivity index (χ3n) is 4.72. The number of ether oxygens (including phenoxy) is 1. The third-order valence-corrected chi connectivity index (χ3v) is 4.72. The molecule has 29 heavy (non-hydrogen) atoms. The van der Waals surface area contributed by atoms with Crippen molar-refractivity contribution < 1.29 is 14.3 Å². The molecule has 5 heteroatoms. The van der Waals surface area contributed by atoms with Gasteiger partial charge in [0.15, 0.2) is 0 Å². The Morgan fingerprint density at radius 3 is 2.21 bits per heavy atom. The molecule has 3 aromatic carbocycles. The molecule has 0 saturated heterocycles. The topological polar surface area (TPSA) is 60.3 Å². The molecule has 1 N–H and O–H groups in total. The van der Waals surface area contributed by atoms with Crippen LogP contribution in [0.4, 0.5) is 5.69 Å². The van der Waals surface area contributed by atoms with Crippen molar-refractivity contribution in [3.8, 4) is 11.5 Å². The van der Waals surface area contributed by atoms with Crippen LogP contribution in [0.2, 0.25) is 0 Å². The number of nitrogens with one attached hydrogen (secondary N) is 1. The molecule has 1 amide bonds. The molecule has 1 aromatic heterocycles. The van der Waals surface area contributed by atoms with E-state index in [0.717, 1.165) is 16.5 Å². The average Bonchev–Trinajstić information content (AvgIpc) is 3.10. The van der Waals surface area contributed by atoms with Crippen LogP contribution in [-0.2, 0) is 11.8 Å². The molecule has 0 radical (unpaired) electrons. The molecule has 0 aliphatic rings. The minimum Gasteiger partial charge on any atom is -0.457 e. The SMILES string of the molecule is Cc1ccc(Oc2ccc(C(=O)C(=O)Nc3ccc4c(ccn4C)c3)cc2)cc1. The molecule has 4 aromatic rings. The highest BCUT2D eigenvalue weighted by molar-refractivity contribution is 6.46. The van der Waals surface area contributed by atoms with Crippen molar-refractivity contribution in [1.82, 2.24) is 4.57 Å². The maximum Gasteiger partial charge on any atom is 0.296 e. The van der Waals surface area contributed by atoms with Gasteiger partial charge in [-0.05, 0) is 67.6 Å². The zero-order valence-electron chi connectivity index (χ0n) is 16.2. The minimum atomic E-state index is -0.674. The maximum absolute atomic E-state index is 12.5. The molecule has 1 heterocycles. The van der Waals surface area contributed by atoms with Crippen molar-refractivity contribution in [1.29, 1.82) is 0 Å². The van der Waals surface area contributed by atoms with Crippen LogP contribution in [0.25, 0.3) is 10.9 Å². The van der Waals surface area contributed by atoms with Crippen LogP contribution in [0.5, 0.6) is 11.5 Å². The number of benzene rings is 3. The van der Waals surface area contributed by atoms with Crippen LogP contribution in [0.3, 0.4) is 0 Å². The zero-order chi connectivity index (χ0) is 20.4. The smallest absolute Gasteiger partial charge is 0.296 e. The second-order valence-electron chi connectivity index (χ2n) is 6.92. The summed E-state index contributed by atoms with van der Waals surface area (Å²) in [5.74, 6) is 0.0385. The number of amides is 1. The van der Waals surface area contributed by atoms with Gasteiger partial charge in [-0.25, -0.2) is 0 Å². The van der Waals surface area contributed by atoms with E-state index in [1.165, 1.54) is 0 Å². The van der Waals surface area contributed by atoms with E-state index in [1.54, 1.807) is 30.3 Å². The molecule has 144 valence electrons. The largest absolute Gasteiger partial charge is 0.457 e. The molecular weight excluding hydrogens is 364 g/mol. The lowest BCUT2D eigenvalue weighted by Crippen LogP contribution is -2.22. The lowest BCUT2D eigenvalue weighted by atomic mass is 10.1. The van der Waals surface area contributed by atoms with E-state index in [9.17, 15) is 9.59 Å². The van der Waals surface area contributed by atoms with Crippen molar-refractivity contribution in [2.75, 3.05) is 5.32 Å². The number of hydrogen-bond donors (Lipinski definition) is 1. The van der Waals surface area contributed by atoms with Gasteiger partial charge in [0, 0.05) is 35.4 Å². The predicted octanol–water partition coefficient (Wildman–Crippen LogP) is 5.10. The first-order valence-corrected chi connectivity index (χ1v) is 9.25. The van der Waals surface area contributed by atoms with E-state index in [2.05, 4.69) is 5.32 Å². The normalized spacial score (nSPS) is 10.7. The predicted molar refractivity (Wildman–Crippen MR) is 114 cm³/mol. The first kappa shape index (κ1) is 18.5. The van der Waals surface area contributed by atoms with E-state index in [1.807, 2.05) is 67.2 Å². The van der Waals surface area contributed by atoms with Crippen molar-refractivity contribution in [2.24, 2.45) is 7.05 Å². The average molecular weight is 384 g/mol.